The fraction of sp³-hybridized carbons (Fsp3) is 0.273. The molecule has 0 fully saturated rings. The van der Waals surface area contributed by atoms with Crippen molar-refractivity contribution in [3.8, 4) is 0 Å². The highest BCUT2D eigenvalue weighted by Gasteiger charge is 2.19. The monoisotopic (exact) mass is 354 g/mol. The highest BCUT2D eigenvalue weighted by Crippen LogP contribution is 2.25. The number of aryl methyl sites for hydroxylation is 2. The highest BCUT2D eigenvalue weighted by atomic mass is 32.2. The van der Waals surface area contributed by atoms with Crippen LogP contribution in [0, 0.1) is 13.8 Å². The Morgan fingerprint density at radius 2 is 1.16 bits per heavy atom. The molecule has 0 spiro atoms. The van der Waals surface area contributed by atoms with Gasteiger partial charge in [0.1, 0.15) is 0 Å². The Kier molecular flexibility index (Phi) is 6.38. The lowest BCUT2D eigenvalue weighted by molar-refractivity contribution is 0.596. The Balaban J connectivity index is 2.48. The van der Waals surface area contributed by atoms with Gasteiger partial charge in [-0.2, -0.15) is 0 Å². The van der Waals surface area contributed by atoms with E-state index in [4.69, 9.17) is 0 Å². The van der Waals surface area contributed by atoms with Crippen molar-refractivity contribution in [2.24, 2.45) is 0 Å². The van der Waals surface area contributed by atoms with E-state index in [1.165, 1.54) is 0 Å². The van der Waals surface area contributed by atoms with Gasteiger partial charge in [-0.05, 0) is 87.1 Å². The molecule has 0 aliphatic heterocycles. The minimum atomic E-state index is -3.52. The molecule has 0 aliphatic carbocycles. The van der Waals surface area contributed by atoms with E-state index in [2.05, 4.69) is 0 Å². The van der Waals surface area contributed by atoms with Crippen LogP contribution in [-0.2, 0) is 22.7 Å². The summed E-state index contributed by atoms with van der Waals surface area (Å²) in [5, 5.41) is 0. The summed E-state index contributed by atoms with van der Waals surface area (Å²) in [5.74, 6) is 0. The van der Waals surface area contributed by atoms with Crippen molar-refractivity contribution < 1.29 is 8.42 Å². The molecule has 0 unspecified atom stereocenters. The molecule has 2 aromatic rings. The number of hydrogen-bond acceptors (Lipinski definition) is 2. The van der Waals surface area contributed by atoms with E-state index in [0.29, 0.717) is 9.79 Å². The van der Waals surface area contributed by atoms with Gasteiger partial charge in [-0.15, -0.1) is 0 Å². The van der Waals surface area contributed by atoms with E-state index in [0.717, 1.165) is 35.1 Å². The largest absolute Gasteiger partial charge is 0.219 e. The summed E-state index contributed by atoms with van der Waals surface area (Å²) in [7, 11) is -3.52. The van der Waals surface area contributed by atoms with E-state index < -0.39 is 9.84 Å². The summed E-state index contributed by atoms with van der Waals surface area (Å²) in [6, 6.07) is 10.8. The smallest absolute Gasteiger partial charge is 0.206 e. The molecule has 25 heavy (non-hydrogen) atoms. The lowest BCUT2D eigenvalue weighted by atomic mass is 10.1. The Labute approximate surface area is 151 Å². The third kappa shape index (κ3) is 4.49. The minimum Gasteiger partial charge on any atom is -0.219 e. The molecule has 0 atom stereocenters. The van der Waals surface area contributed by atoms with Crippen LogP contribution in [0.15, 0.2) is 70.5 Å². The molecule has 2 rings (SSSR count). The van der Waals surface area contributed by atoms with Gasteiger partial charge in [0.25, 0.3) is 0 Å². The Bertz CT molecular complexity index is 834. The van der Waals surface area contributed by atoms with Gasteiger partial charge in [0, 0.05) is 0 Å². The lowest BCUT2D eigenvalue weighted by Gasteiger charge is -2.11. The van der Waals surface area contributed by atoms with Crippen LogP contribution in [0.4, 0.5) is 0 Å². The third-order valence-corrected chi connectivity index (χ3v) is 6.16. The van der Waals surface area contributed by atoms with Crippen molar-refractivity contribution >= 4 is 9.84 Å². The first-order valence-corrected chi connectivity index (χ1v) is 10.0. The van der Waals surface area contributed by atoms with Gasteiger partial charge in [-0.3, -0.25) is 0 Å². The maximum Gasteiger partial charge on any atom is 0.206 e. The summed E-state index contributed by atoms with van der Waals surface area (Å²) >= 11 is 0. The van der Waals surface area contributed by atoms with Crippen LogP contribution in [0.25, 0.3) is 0 Å². The molecule has 0 saturated carbocycles. The zero-order valence-electron chi connectivity index (χ0n) is 15.4. The molecule has 0 N–H and O–H groups in total. The van der Waals surface area contributed by atoms with E-state index >= 15 is 0 Å². The predicted molar refractivity (Wildman–Crippen MR) is 105 cm³/mol. The van der Waals surface area contributed by atoms with Crippen LogP contribution in [-0.4, -0.2) is 8.42 Å². The lowest BCUT2D eigenvalue weighted by Crippen LogP contribution is -2.05. The zero-order chi connectivity index (χ0) is 18.4. The second kappa shape index (κ2) is 8.30. The van der Waals surface area contributed by atoms with Crippen LogP contribution in [0.1, 0.15) is 36.1 Å². The first kappa shape index (κ1) is 19.2. The molecule has 0 saturated heterocycles. The molecule has 132 valence electrons. The van der Waals surface area contributed by atoms with E-state index in [1.807, 2.05) is 64.1 Å². The van der Waals surface area contributed by atoms with Crippen molar-refractivity contribution in [1.29, 1.82) is 0 Å². The molecule has 0 bridgehead atoms. The molecule has 0 heterocycles. The van der Waals surface area contributed by atoms with Gasteiger partial charge in [-0.1, -0.05) is 36.4 Å². The van der Waals surface area contributed by atoms with Crippen molar-refractivity contribution in [3.63, 3.8) is 0 Å². The van der Waals surface area contributed by atoms with Gasteiger partial charge in [0.05, 0.1) is 9.79 Å². The quantitative estimate of drug-likeness (QED) is 0.653. The van der Waals surface area contributed by atoms with Crippen molar-refractivity contribution in [2.45, 2.75) is 50.3 Å². The minimum absolute atomic E-state index is 0.360. The highest BCUT2D eigenvalue weighted by molar-refractivity contribution is 7.91. The first-order valence-electron chi connectivity index (χ1n) is 8.56. The van der Waals surface area contributed by atoms with E-state index in [9.17, 15) is 8.42 Å². The van der Waals surface area contributed by atoms with Crippen LogP contribution < -0.4 is 0 Å². The molecule has 0 aliphatic rings. The van der Waals surface area contributed by atoms with Gasteiger partial charge in [-0.25, -0.2) is 8.42 Å². The van der Waals surface area contributed by atoms with Crippen LogP contribution in [0.2, 0.25) is 0 Å². The summed E-state index contributed by atoms with van der Waals surface area (Å²) in [4.78, 5) is 0.719. The molecule has 0 amide bonds. The number of sulfone groups is 1. The predicted octanol–water partition coefficient (Wildman–Crippen LogP) is 5.37. The molecule has 2 nitrogen and oxygen atoms in total. The number of hydrogen-bond donors (Lipinski definition) is 0. The fourth-order valence-corrected chi connectivity index (χ4v) is 4.06. The van der Waals surface area contributed by atoms with Crippen LogP contribution in [0.3, 0.4) is 0 Å². The average Bonchev–Trinajstić information content (AvgIpc) is 2.60. The SMILES string of the molecule is CC=CCc1cc(S(=O)(=O)c2ccc(C)c(CC=CC)c2)ccc1C. The molecular weight excluding hydrogens is 328 g/mol. The Morgan fingerprint density at radius 1 is 0.760 bits per heavy atom. The van der Waals surface area contributed by atoms with Gasteiger partial charge in [0.2, 0.25) is 9.84 Å². The first-order chi connectivity index (χ1) is 11.9. The second-order valence-electron chi connectivity index (χ2n) is 6.23. The maximum atomic E-state index is 13.1. The van der Waals surface area contributed by atoms with Crippen LogP contribution >= 0.6 is 0 Å². The normalized spacial score (nSPS) is 12.3. The second-order valence-corrected chi connectivity index (χ2v) is 8.18. The molecule has 0 radical (unpaired) electrons. The summed E-state index contributed by atoms with van der Waals surface area (Å²) in [6.45, 7) is 7.95. The summed E-state index contributed by atoms with van der Waals surface area (Å²) in [5.41, 5.74) is 4.30. The summed E-state index contributed by atoms with van der Waals surface area (Å²) in [6.07, 6.45) is 9.53. The topological polar surface area (TPSA) is 34.1 Å². The van der Waals surface area contributed by atoms with E-state index in [1.54, 1.807) is 24.3 Å². The standard InChI is InChI=1S/C22H26O2S/c1-5-7-9-19-15-21(13-11-17(19)3)25(23,24)22-14-12-18(4)20(16-22)10-8-6-2/h5-8,11-16H,9-10H2,1-4H3. The maximum absolute atomic E-state index is 13.1. The average molecular weight is 355 g/mol. The van der Waals surface area contributed by atoms with Gasteiger partial charge in [0.15, 0.2) is 0 Å². The third-order valence-electron chi connectivity index (χ3n) is 4.41. The van der Waals surface area contributed by atoms with Crippen molar-refractivity contribution in [1.82, 2.24) is 0 Å². The molecule has 2 aromatic carbocycles. The molecular formula is C22H26O2S. The van der Waals surface area contributed by atoms with Gasteiger partial charge >= 0.3 is 0 Å². The van der Waals surface area contributed by atoms with E-state index in [-0.39, 0.29) is 0 Å². The zero-order valence-corrected chi connectivity index (χ0v) is 16.2. The van der Waals surface area contributed by atoms with Crippen LogP contribution in [0.5, 0.6) is 0 Å². The Hall–Kier alpha value is -2.13. The number of rotatable bonds is 6. The Morgan fingerprint density at radius 3 is 1.52 bits per heavy atom. The number of allylic oxidation sites excluding steroid dienone is 4. The van der Waals surface area contributed by atoms with Gasteiger partial charge < -0.3 is 0 Å². The van der Waals surface area contributed by atoms with Crippen molar-refractivity contribution in [3.05, 3.63) is 83.0 Å². The molecule has 0 aromatic heterocycles. The summed E-state index contributed by atoms with van der Waals surface area (Å²) < 4.78 is 26.1. The van der Waals surface area contributed by atoms with Crippen molar-refractivity contribution in [2.75, 3.05) is 0 Å². The number of benzene rings is 2. The molecule has 3 heteroatoms. The fourth-order valence-electron chi connectivity index (χ4n) is 2.70.